The Morgan fingerprint density at radius 1 is 1.39 bits per heavy atom. The van der Waals surface area contributed by atoms with Crippen molar-refractivity contribution in [3.8, 4) is 0 Å². The lowest BCUT2D eigenvalue weighted by Crippen LogP contribution is -2.40. The first kappa shape index (κ1) is 15.1. The van der Waals surface area contributed by atoms with Crippen LogP contribution in [0.4, 0.5) is 0 Å². The topological polar surface area (TPSA) is 22.1 Å². The van der Waals surface area contributed by atoms with Crippen LogP contribution in [0.3, 0.4) is 0 Å². The van der Waals surface area contributed by atoms with Gasteiger partial charge in [0.25, 0.3) is 0 Å². The molecule has 0 unspecified atom stereocenters. The maximum Gasteiger partial charge on any atom is 0.192 e. The second-order valence-corrected chi connectivity index (χ2v) is 11.0. The van der Waals surface area contributed by atoms with Gasteiger partial charge in [0.05, 0.1) is 12.3 Å². The average Bonchev–Trinajstić information content (AvgIpc) is 2.27. The van der Waals surface area contributed by atoms with Gasteiger partial charge in [0.15, 0.2) is 8.32 Å². The third kappa shape index (κ3) is 3.78. The second-order valence-electron chi connectivity index (χ2n) is 6.15. The molecule has 3 heteroatoms. The monoisotopic (exact) mass is 263 g/mol. The number of pyridine rings is 1. The van der Waals surface area contributed by atoms with E-state index in [1.54, 1.807) is 0 Å². The molecule has 2 nitrogen and oxygen atoms in total. The van der Waals surface area contributed by atoms with Gasteiger partial charge in [0.2, 0.25) is 0 Å². The summed E-state index contributed by atoms with van der Waals surface area (Å²) in [6.07, 6.45) is 4.59. The van der Waals surface area contributed by atoms with Gasteiger partial charge < -0.3 is 4.43 Å². The van der Waals surface area contributed by atoms with E-state index in [9.17, 15) is 0 Å². The Morgan fingerprint density at radius 2 is 2.06 bits per heavy atom. The standard InChI is InChI=1S/C15H25NOSi/c1-7-9-13-10-8-11-16-14(13)12-17-18(5,6)15(2,3)4/h7-8,10-11H,1,9,12H2,2-6H3. The van der Waals surface area contributed by atoms with Crippen molar-refractivity contribution in [1.29, 1.82) is 0 Å². The number of rotatable bonds is 5. The van der Waals surface area contributed by atoms with Crippen LogP contribution in [0.25, 0.3) is 0 Å². The van der Waals surface area contributed by atoms with Crippen molar-refractivity contribution in [2.45, 2.75) is 51.9 Å². The molecule has 100 valence electrons. The number of aromatic nitrogens is 1. The van der Waals surface area contributed by atoms with Crippen molar-refractivity contribution >= 4 is 8.32 Å². The van der Waals surface area contributed by atoms with Gasteiger partial charge in [-0.1, -0.05) is 32.9 Å². The highest BCUT2D eigenvalue weighted by atomic mass is 28.4. The van der Waals surface area contributed by atoms with Crippen molar-refractivity contribution in [2.24, 2.45) is 0 Å². The second kappa shape index (κ2) is 5.80. The quantitative estimate of drug-likeness (QED) is 0.582. The fraction of sp³-hybridized carbons (Fsp3) is 0.533. The van der Waals surface area contributed by atoms with E-state index in [2.05, 4.69) is 51.5 Å². The predicted octanol–water partition coefficient (Wildman–Crippen LogP) is 4.33. The van der Waals surface area contributed by atoms with E-state index in [0.29, 0.717) is 6.61 Å². The highest BCUT2D eigenvalue weighted by Gasteiger charge is 2.37. The zero-order valence-corrected chi connectivity index (χ0v) is 13.3. The summed E-state index contributed by atoms with van der Waals surface area (Å²) >= 11 is 0. The van der Waals surface area contributed by atoms with Crippen molar-refractivity contribution in [1.82, 2.24) is 4.98 Å². The van der Waals surface area contributed by atoms with Gasteiger partial charge in [-0.15, -0.1) is 6.58 Å². The smallest absolute Gasteiger partial charge is 0.192 e. The molecule has 0 amide bonds. The van der Waals surface area contributed by atoms with E-state index in [4.69, 9.17) is 4.43 Å². The summed E-state index contributed by atoms with van der Waals surface area (Å²) in [4.78, 5) is 4.43. The zero-order valence-electron chi connectivity index (χ0n) is 12.3. The zero-order chi connectivity index (χ0) is 13.8. The Labute approximate surface area is 112 Å². The lowest BCUT2D eigenvalue weighted by molar-refractivity contribution is 0.271. The van der Waals surface area contributed by atoms with Crippen LogP contribution in [0.5, 0.6) is 0 Å². The summed E-state index contributed by atoms with van der Waals surface area (Å²) in [7, 11) is -1.70. The predicted molar refractivity (Wildman–Crippen MR) is 80.1 cm³/mol. The summed E-state index contributed by atoms with van der Waals surface area (Å²) in [6.45, 7) is 15.7. The molecule has 0 aromatic carbocycles. The lowest BCUT2D eigenvalue weighted by atomic mass is 10.1. The van der Waals surface area contributed by atoms with E-state index in [0.717, 1.165) is 12.1 Å². The van der Waals surface area contributed by atoms with Crippen LogP contribution in [-0.2, 0) is 17.5 Å². The molecule has 0 N–H and O–H groups in total. The molecule has 1 aromatic heterocycles. The van der Waals surface area contributed by atoms with Crippen LogP contribution in [0.2, 0.25) is 18.1 Å². The minimum Gasteiger partial charge on any atom is -0.411 e. The molecule has 0 saturated carbocycles. The highest BCUT2D eigenvalue weighted by Crippen LogP contribution is 2.37. The Hall–Kier alpha value is -0.933. The molecule has 1 heterocycles. The summed E-state index contributed by atoms with van der Waals surface area (Å²) in [6, 6.07) is 4.06. The van der Waals surface area contributed by atoms with E-state index in [1.165, 1.54) is 5.56 Å². The van der Waals surface area contributed by atoms with Gasteiger partial charge in [-0.25, -0.2) is 0 Å². The van der Waals surface area contributed by atoms with Crippen LogP contribution in [0.15, 0.2) is 31.0 Å². The van der Waals surface area contributed by atoms with Crippen LogP contribution >= 0.6 is 0 Å². The number of nitrogens with zero attached hydrogens (tertiary/aromatic N) is 1. The van der Waals surface area contributed by atoms with Crippen LogP contribution < -0.4 is 0 Å². The lowest BCUT2D eigenvalue weighted by Gasteiger charge is -2.36. The fourth-order valence-electron chi connectivity index (χ4n) is 1.41. The molecule has 0 saturated heterocycles. The third-order valence-electron chi connectivity index (χ3n) is 3.72. The van der Waals surface area contributed by atoms with Crippen LogP contribution in [-0.4, -0.2) is 13.3 Å². The molecular weight excluding hydrogens is 238 g/mol. The largest absolute Gasteiger partial charge is 0.411 e. The number of hydrogen-bond donors (Lipinski definition) is 0. The molecule has 1 aromatic rings. The van der Waals surface area contributed by atoms with Crippen molar-refractivity contribution in [3.05, 3.63) is 42.2 Å². The molecule has 0 radical (unpaired) electrons. The van der Waals surface area contributed by atoms with Crippen LogP contribution in [0.1, 0.15) is 32.0 Å². The molecule has 0 aliphatic rings. The molecule has 1 rings (SSSR count). The fourth-order valence-corrected chi connectivity index (χ4v) is 2.34. The molecule has 0 bridgehead atoms. The molecule has 18 heavy (non-hydrogen) atoms. The summed E-state index contributed by atoms with van der Waals surface area (Å²) in [5, 5.41) is 0.236. The first-order chi connectivity index (χ1) is 8.28. The normalized spacial score (nSPS) is 12.5. The molecule has 0 aliphatic carbocycles. The molecule has 0 atom stereocenters. The number of allylic oxidation sites excluding steroid dienone is 1. The van der Waals surface area contributed by atoms with Gasteiger partial charge in [-0.3, -0.25) is 4.98 Å². The molecule has 0 aliphatic heterocycles. The maximum atomic E-state index is 6.21. The van der Waals surface area contributed by atoms with Gasteiger partial charge in [-0.05, 0) is 36.2 Å². The SMILES string of the molecule is C=CCc1cccnc1CO[Si](C)(C)C(C)(C)C. The summed E-state index contributed by atoms with van der Waals surface area (Å²) in [5.41, 5.74) is 2.26. The first-order valence-electron chi connectivity index (χ1n) is 6.45. The number of hydrogen-bond acceptors (Lipinski definition) is 2. The van der Waals surface area contributed by atoms with Gasteiger partial charge >= 0.3 is 0 Å². The van der Waals surface area contributed by atoms with Crippen molar-refractivity contribution in [2.75, 3.05) is 0 Å². The summed E-state index contributed by atoms with van der Waals surface area (Å²) in [5.74, 6) is 0. The summed E-state index contributed by atoms with van der Waals surface area (Å²) < 4.78 is 6.21. The Kier molecular flexibility index (Phi) is 4.88. The Morgan fingerprint density at radius 3 is 2.61 bits per heavy atom. The molecular formula is C15H25NOSi. The van der Waals surface area contributed by atoms with Gasteiger partial charge in [0.1, 0.15) is 0 Å². The average molecular weight is 263 g/mol. The third-order valence-corrected chi connectivity index (χ3v) is 8.20. The first-order valence-corrected chi connectivity index (χ1v) is 9.36. The Balaban J connectivity index is 2.77. The van der Waals surface area contributed by atoms with Crippen molar-refractivity contribution in [3.63, 3.8) is 0 Å². The van der Waals surface area contributed by atoms with Crippen molar-refractivity contribution < 1.29 is 4.43 Å². The molecule has 0 fully saturated rings. The molecule has 0 spiro atoms. The minimum atomic E-state index is -1.70. The van der Waals surface area contributed by atoms with E-state index in [1.807, 2.05) is 18.3 Å². The highest BCUT2D eigenvalue weighted by molar-refractivity contribution is 6.74. The van der Waals surface area contributed by atoms with E-state index >= 15 is 0 Å². The maximum absolute atomic E-state index is 6.21. The van der Waals surface area contributed by atoms with Crippen LogP contribution in [0, 0.1) is 0 Å². The van der Waals surface area contributed by atoms with E-state index < -0.39 is 8.32 Å². The van der Waals surface area contributed by atoms with Gasteiger partial charge in [0, 0.05) is 6.20 Å². The Bertz CT molecular complexity index is 407. The van der Waals surface area contributed by atoms with Gasteiger partial charge in [-0.2, -0.15) is 0 Å². The minimum absolute atomic E-state index is 0.236. The van der Waals surface area contributed by atoms with E-state index in [-0.39, 0.29) is 5.04 Å².